The zero-order valence-corrected chi connectivity index (χ0v) is 42.7. The van der Waals surface area contributed by atoms with E-state index in [1.54, 1.807) is 80.9 Å². The molecule has 414 valence electrons. The minimum Gasteiger partial charge on any atom is -0.462 e. The Morgan fingerprint density at radius 3 is 2.00 bits per heavy atom. The van der Waals surface area contributed by atoms with Crippen LogP contribution in [0.1, 0.15) is 97.0 Å². The van der Waals surface area contributed by atoms with Gasteiger partial charge < -0.3 is 80.9 Å². The van der Waals surface area contributed by atoms with Gasteiger partial charge in [-0.1, -0.05) is 105 Å². The number of aromatic nitrogens is 1. The number of carbonyl (C=O) groups is 2. The molecule has 4 rings (SSSR count). The Bertz CT molecular complexity index is 2030. The van der Waals surface area contributed by atoms with Crippen molar-refractivity contribution in [2.24, 2.45) is 23.5 Å². The molecular formula is C55H82N2O17. The number of pyridine rings is 1. The molecule has 0 spiro atoms. The molecule has 3 aliphatic rings. The van der Waals surface area contributed by atoms with Gasteiger partial charge in [-0.25, -0.2) is 0 Å². The van der Waals surface area contributed by atoms with E-state index in [9.17, 15) is 65.8 Å². The van der Waals surface area contributed by atoms with Crippen LogP contribution in [0.5, 0.6) is 0 Å². The Balaban J connectivity index is 1.60. The fraction of sp³-hybridized carbons (Fsp3) is 0.618. The molecule has 0 aromatic carbocycles. The van der Waals surface area contributed by atoms with Crippen molar-refractivity contribution in [1.82, 2.24) is 4.98 Å². The molecule has 1 aromatic rings. The predicted molar refractivity (Wildman–Crippen MR) is 273 cm³/mol. The molecule has 13 N–H and O–H groups in total. The number of hydrogen-bond acceptors (Lipinski definition) is 19. The second-order valence-electron chi connectivity index (χ2n) is 19.9. The summed E-state index contributed by atoms with van der Waals surface area (Å²) in [6.07, 6.45) is 7.55. The maximum absolute atomic E-state index is 14.1. The molecule has 74 heavy (non-hydrogen) atoms. The van der Waals surface area contributed by atoms with Crippen LogP contribution in [0.25, 0.3) is 0 Å². The number of cyclic esters (lactones) is 1. The van der Waals surface area contributed by atoms with E-state index in [1.807, 2.05) is 43.4 Å². The van der Waals surface area contributed by atoms with Crippen molar-refractivity contribution < 1.29 is 84.7 Å². The molecular weight excluding hydrogens is 961 g/mol. The van der Waals surface area contributed by atoms with Crippen molar-refractivity contribution in [2.45, 2.75) is 195 Å². The second-order valence-corrected chi connectivity index (χ2v) is 19.9. The van der Waals surface area contributed by atoms with Crippen LogP contribution in [0.2, 0.25) is 0 Å². The van der Waals surface area contributed by atoms with Crippen LogP contribution in [0.4, 0.5) is 0 Å². The number of ether oxygens (including phenoxy) is 4. The lowest BCUT2D eigenvalue weighted by atomic mass is 9.79. The van der Waals surface area contributed by atoms with Crippen LogP contribution >= 0.6 is 0 Å². The molecule has 0 saturated carbocycles. The molecule has 3 aliphatic heterocycles. The summed E-state index contributed by atoms with van der Waals surface area (Å²) in [5, 5.41) is 120. The Labute approximate surface area is 434 Å². The molecule has 2 bridgehead atoms. The average Bonchev–Trinajstić information content (AvgIpc) is 3.34. The van der Waals surface area contributed by atoms with E-state index in [-0.39, 0.29) is 43.8 Å². The van der Waals surface area contributed by atoms with Crippen LogP contribution in [0.3, 0.4) is 0 Å². The van der Waals surface area contributed by atoms with Gasteiger partial charge in [-0.15, -0.1) is 0 Å². The van der Waals surface area contributed by atoms with Crippen molar-refractivity contribution in [3.63, 3.8) is 0 Å². The summed E-state index contributed by atoms with van der Waals surface area (Å²) in [6.45, 7) is 5.23. The molecule has 2 saturated heterocycles. The quantitative estimate of drug-likeness (QED) is 0.131. The summed E-state index contributed by atoms with van der Waals surface area (Å²) in [5.41, 5.74) is 6.97. The third kappa shape index (κ3) is 21.1. The third-order valence-corrected chi connectivity index (χ3v) is 13.7. The monoisotopic (exact) mass is 1040 g/mol. The number of esters is 1. The van der Waals surface area contributed by atoms with Gasteiger partial charge in [-0.3, -0.25) is 14.6 Å². The molecule has 0 radical (unpaired) electrons. The number of nitrogens with two attached hydrogens (primary N) is 1. The molecule has 1 unspecified atom stereocenters. The van der Waals surface area contributed by atoms with Crippen molar-refractivity contribution in [1.29, 1.82) is 0 Å². The number of aliphatic hydroxyl groups excluding tert-OH is 10. The smallest absolute Gasteiger partial charge is 0.308 e. The Morgan fingerprint density at radius 1 is 0.730 bits per heavy atom. The third-order valence-electron chi connectivity index (χ3n) is 13.7. The topological polar surface area (TPSA) is 332 Å². The number of carbonyl (C=O) groups excluding carboxylic acids is 2. The van der Waals surface area contributed by atoms with Crippen molar-refractivity contribution >= 4 is 11.8 Å². The maximum Gasteiger partial charge on any atom is 0.308 e. The fourth-order valence-electron chi connectivity index (χ4n) is 9.21. The first kappa shape index (κ1) is 62.4. The molecule has 4 heterocycles. The zero-order valence-electron chi connectivity index (χ0n) is 42.7. The normalized spacial score (nSPS) is 41.4. The predicted octanol–water partition coefficient (Wildman–Crippen LogP) is 1.93. The van der Waals surface area contributed by atoms with Gasteiger partial charge in [0.1, 0.15) is 24.1 Å². The maximum atomic E-state index is 14.1. The summed E-state index contributed by atoms with van der Waals surface area (Å²) >= 11 is 0. The van der Waals surface area contributed by atoms with Gasteiger partial charge in [0, 0.05) is 56.3 Å². The number of aryl methyl sites for hydroxylation is 1. The van der Waals surface area contributed by atoms with Crippen LogP contribution < -0.4 is 5.73 Å². The number of aliphatic hydroxyl groups is 11. The van der Waals surface area contributed by atoms with Crippen molar-refractivity contribution in [3.05, 3.63) is 115 Å². The largest absolute Gasteiger partial charge is 0.462 e. The van der Waals surface area contributed by atoms with E-state index in [1.165, 1.54) is 6.08 Å². The fourth-order valence-corrected chi connectivity index (χ4v) is 9.21. The average molecular weight is 1040 g/mol. The first-order chi connectivity index (χ1) is 35.2. The first-order valence-electron chi connectivity index (χ1n) is 25.7. The van der Waals surface area contributed by atoms with E-state index in [4.69, 9.17) is 24.7 Å². The number of unbranched alkanes of at least 4 members (excludes halogenated alkanes) is 1. The number of rotatable bonds is 8. The van der Waals surface area contributed by atoms with E-state index < -0.39 is 141 Å². The van der Waals surface area contributed by atoms with Crippen molar-refractivity contribution in [3.8, 4) is 0 Å². The van der Waals surface area contributed by atoms with E-state index in [2.05, 4.69) is 4.98 Å². The highest BCUT2D eigenvalue weighted by atomic mass is 16.7. The summed E-state index contributed by atoms with van der Waals surface area (Å²) < 4.78 is 23.3. The molecule has 1 aromatic heterocycles. The van der Waals surface area contributed by atoms with Crippen molar-refractivity contribution in [2.75, 3.05) is 0 Å². The Hall–Kier alpha value is -4.13. The Kier molecular flexibility index (Phi) is 26.8. The number of allylic oxidation sites excluding steroid dienone is 12. The highest BCUT2D eigenvalue weighted by Crippen LogP contribution is 2.39. The van der Waals surface area contributed by atoms with E-state index in [0.29, 0.717) is 19.3 Å². The number of Topliss-reactive ketones (excluding diaryl/α,β-unsaturated/α-hetero) is 1. The standard InChI is InChI=1S/C55H82N2O17/c1-34-19-14-12-10-8-6-4-5-7-9-11-13-15-22-41(72-54-52(68)49(56)51(67)53(69)73-54)30-46-48(43(62)23-17-16-20-37-21-18-26-57-33-37)45(64)32-55(70,74-46)31-40(60)28-44(63)42(61)25-24-38(58)27-39(59)29-47(65)71-36(3)35(2)50(34)66/h4-15,18-19,21-22,26,33-36,38-42,44-46,48-54,58-61,63-64,66-70H,16-17,20,23-25,27-32,56H2,1-3H3/b5-4+,8-6+,9-7+,12-10+,13-11+,19-14+,22-15+/t34-,35-,36-,38+,39+,40-,41-,42+,44+,45-,46-,48+,49-,50+,51-,52-,53-,54?,55+/m0/s1. The van der Waals surface area contributed by atoms with Crippen LogP contribution in [0, 0.1) is 17.8 Å². The summed E-state index contributed by atoms with van der Waals surface area (Å²) in [7, 11) is 0. The van der Waals surface area contributed by atoms with E-state index >= 15 is 0 Å². The molecule has 0 aliphatic carbocycles. The minimum absolute atomic E-state index is 0.0367. The van der Waals surface area contributed by atoms with Gasteiger partial charge in [-0.05, 0) is 57.1 Å². The first-order valence-corrected chi connectivity index (χ1v) is 25.7. The molecule has 19 atom stereocenters. The van der Waals surface area contributed by atoms with Gasteiger partial charge in [0.2, 0.25) is 0 Å². The van der Waals surface area contributed by atoms with Gasteiger partial charge in [0.05, 0.1) is 73.3 Å². The van der Waals surface area contributed by atoms with Crippen LogP contribution in [-0.2, 0) is 35.0 Å². The van der Waals surface area contributed by atoms with Gasteiger partial charge >= 0.3 is 5.97 Å². The lowest BCUT2D eigenvalue weighted by Gasteiger charge is -2.46. The molecule has 19 nitrogen and oxygen atoms in total. The zero-order chi connectivity index (χ0) is 54.4. The van der Waals surface area contributed by atoms with Gasteiger partial charge in [0.25, 0.3) is 0 Å². The SMILES string of the molecule is C[C@@H]1[C@H](O)[C@@H](C)/C=C/C=C/C=C/C=C/C=C/C=C/C=C/[C@H](OC2O[C@H](O)[C@@H](O)[C@H](N)[C@@H]2O)C[C@@H]2O[C@](O)(C[C@@H](O)C[C@@H](O)[C@H](O)CC[C@@H](O)C[C@@H](O)CC(=O)O[C@H]1C)C[C@H](O)[C@H]2C(=O)CCCCc1cccnc1. The highest BCUT2D eigenvalue weighted by molar-refractivity contribution is 5.82. The molecule has 0 amide bonds. The number of hydrogen-bond donors (Lipinski definition) is 12. The minimum atomic E-state index is -2.29. The lowest BCUT2D eigenvalue weighted by molar-refractivity contribution is -0.331. The summed E-state index contributed by atoms with van der Waals surface area (Å²) in [5.74, 6) is -5.36. The highest BCUT2D eigenvalue weighted by Gasteiger charge is 2.50. The number of nitrogens with zero attached hydrogens (tertiary/aromatic N) is 1. The summed E-state index contributed by atoms with van der Waals surface area (Å²) in [6, 6.07) is 2.36. The number of fused-ring (bicyclic) bond motifs is 2. The van der Waals surface area contributed by atoms with Gasteiger partial charge in [0.15, 0.2) is 18.4 Å². The van der Waals surface area contributed by atoms with Crippen LogP contribution in [-0.4, -0.2) is 171 Å². The van der Waals surface area contributed by atoms with E-state index in [0.717, 1.165) is 5.56 Å². The molecule has 19 heteroatoms. The van der Waals surface area contributed by atoms with Gasteiger partial charge in [-0.2, -0.15) is 0 Å². The summed E-state index contributed by atoms with van der Waals surface area (Å²) in [4.78, 5) is 30.9. The Morgan fingerprint density at radius 2 is 1.36 bits per heavy atom. The number of ketones is 1. The lowest BCUT2D eigenvalue weighted by Crippen LogP contribution is -2.62. The van der Waals surface area contributed by atoms with Crippen LogP contribution in [0.15, 0.2) is 110 Å². The molecule has 2 fully saturated rings. The second kappa shape index (κ2) is 31.8.